The Morgan fingerprint density at radius 1 is 0.944 bits per heavy atom. The van der Waals surface area contributed by atoms with Gasteiger partial charge in [0.25, 0.3) is 8.32 Å². The smallest absolute Gasteiger partial charge is 0.258 e. The molecule has 3 heterocycles. The highest BCUT2D eigenvalue weighted by molar-refractivity contribution is 6.98. The van der Waals surface area contributed by atoms with Gasteiger partial charge in [-0.2, -0.15) is 0 Å². The molecule has 0 bridgehead atoms. The van der Waals surface area contributed by atoms with Crippen LogP contribution in [0.5, 0.6) is 0 Å². The van der Waals surface area contributed by atoms with E-state index in [0.717, 1.165) is 64.7 Å². The maximum absolute atomic E-state index is 12.5. The van der Waals surface area contributed by atoms with Gasteiger partial charge in [-0.3, -0.25) is 0 Å². The molecular formula is C29H33N5OSi. The third-order valence-corrected chi connectivity index (χ3v) is 12.9. The first-order valence-corrected chi connectivity index (χ1v) is 14.9. The minimum absolute atomic E-state index is 0.209. The van der Waals surface area contributed by atoms with Crippen molar-refractivity contribution in [1.82, 2.24) is 24.8 Å². The van der Waals surface area contributed by atoms with Crippen molar-refractivity contribution >= 4 is 35.2 Å². The normalized spacial score (nSPS) is 19.2. The molecule has 1 aliphatic rings. The standard InChI is InChI=1S/C29H33N5OSi/c1-29(2,36(35,23-9-5-3-6-10-23)24-11-7-4-8-12-24)19-21-13-15-22(16-14-21)26-27-25-17-18-30-28(25)31-20-34(27)33-32-26/h3-12,17-18,20-22,30,35H,13-16,19H2,1-2H3. The SMILES string of the molecule is CC(C)(CC1CCC(c2nnn3cnc4[nH]ccc4c23)CC1)[Si](O)(c1ccccc1)c1ccccc1. The van der Waals surface area contributed by atoms with Gasteiger partial charge in [0.1, 0.15) is 17.5 Å². The van der Waals surface area contributed by atoms with Gasteiger partial charge in [-0.05, 0) is 59.5 Å². The zero-order valence-electron chi connectivity index (χ0n) is 20.9. The largest absolute Gasteiger partial charge is 0.424 e. The van der Waals surface area contributed by atoms with Crippen molar-refractivity contribution in [3.8, 4) is 0 Å². The molecule has 7 heteroatoms. The van der Waals surface area contributed by atoms with Crippen molar-refractivity contribution in [2.75, 3.05) is 0 Å². The van der Waals surface area contributed by atoms with E-state index >= 15 is 0 Å². The van der Waals surface area contributed by atoms with Gasteiger partial charge < -0.3 is 9.78 Å². The lowest BCUT2D eigenvalue weighted by molar-refractivity contribution is 0.276. The van der Waals surface area contributed by atoms with Crippen LogP contribution in [0.15, 0.2) is 79.3 Å². The highest BCUT2D eigenvalue weighted by atomic mass is 28.4. The quantitative estimate of drug-likeness (QED) is 0.332. The average Bonchev–Trinajstić information content (AvgIpc) is 3.56. The number of aromatic nitrogens is 5. The third kappa shape index (κ3) is 3.78. The summed E-state index contributed by atoms with van der Waals surface area (Å²) in [6.07, 6.45) is 9.17. The van der Waals surface area contributed by atoms with Crippen LogP contribution in [-0.4, -0.2) is 37.9 Å². The molecular weight excluding hydrogens is 462 g/mol. The predicted molar refractivity (Wildman–Crippen MR) is 146 cm³/mol. The number of nitrogens with one attached hydrogen (secondary N) is 1. The molecule has 0 amide bonds. The number of fused-ring (bicyclic) bond motifs is 3. The maximum atomic E-state index is 12.5. The molecule has 1 aliphatic carbocycles. The molecule has 0 aliphatic heterocycles. The summed E-state index contributed by atoms with van der Waals surface area (Å²) in [6.45, 7) is 4.57. The minimum Gasteiger partial charge on any atom is -0.424 e. The first kappa shape index (κ1) is 23.1. The lowest BCUT2D eigenvalue weighted by Gasteiger charge is -2.44. The maximum Gasteiger partial charge on any atom is 0.258 e. The number of H-pyrrole nitrogens is 1. The lowest BCUT2D eigenvalue weighted by Crippen LogP contribution is -2.65. The molecule has 2 aromatic carbocycles. The summed E-state index contributed by atoms with van der Waals surface area (Å²) in [6, 6.07) is 22.8. The number of nitrogens with zero attached hydrogens (tertiary/aromatic N) is 4. The number of hydrogen-bond acceptors (Lipinski definition) is 4. The fourth-order valence-electron chi connectivity index (χ4n) is 6.51. The highest BCUT2D eigenvalue weighted by Gasteiger charge is 2.50. The molecule has 0 radical (unpaired) electrons. The van der Waals surface area contributed by atoms with Crippen molar-refractivity contribution < 1.29 is 4.80 Å². The van der Waals surface area contributed by atoms with Gasteiger partial charge in [0.15, 0.2) is 0 Å². The van der Waals surface area contributed by atoms with Crippen molar-refractivity contribution in [2.24, 2.45) is 5.92 Å². The van der Waals surface area contributed by atoms with Crippen LogP contribution in [0.25, 0.3) is 16.6 Å². The van der Waals surface area contributed by atoms with Crippen LogP contribution in [0.1, 0.15) is 57.6 Å². The van der Waals surface area contributed by atoms with Crippen molar-refractivity contribution in [3.63, 3.8) is 0 Å². The Balaban J connectivity index is 1.24. The van der Waals surface area contributed by atoms with E-state index in [1.165, 1.54) is 0 Å². The number of benzene rings is 2. The van der Waals surface area contributed by atoms with Gasteiger partial charge in [0.05, 0.1) is 5.69 Å². The topological polar surface area (TPSA) is 79.1 Å². The van der Waals surface area contributed by atoms with E-state index in [1.54, 1.807) is 6.33 Å². The Morgan fingerprint density at radius 2 is 1.58 bits per heavy atom. The third-order valence-electron chi connectivity index (χ3n) is 8.39. The Hall–Kier alpha value is -3.29. The van der Waals surface area contributed by atoms with Crippen LogP contribution >= 0.6 is 0 Å². The molecule has 1 saturated carbocycles. The van der Waals surface area contributed by atoms with Crippen molar-refractivity contribution in [1.29, 1.82) is 0 Å². The van der Waals surface area contributed by atoms with Crippen LogP contribution in [0.2, 0.25) is 5.04 Å². The molecule has 6 rings (SSSR count). The Kier molecular flexibility index (Phi) is 5.77. The molecule has 0 unspecified atom stereocenters. The van der Waals surface area contributed by atoms with Gasteiger partial charge in [-0.25, -0.2) is 9.50 Å². The molecule has 3 aromatic heterocycles. The molecule has 184 valence electrons. The molecule has 36 heavy (non-hydrogen) atoms. The van der Waals surface area contributed by atoms with E-state index in [2.05, 4.69) is 88.7 Å². The van der Waals surface area contributed by atoms with Gasteiger partial charge in [0.2, 0.25) is 0 Å². The van der Waals surface area contributed by atoms with E-state index in [9.17, 15) is 4.80 Å². The Morgan fingerprint density at radius 3 is 2.22 bits per heavy atom. The number of hydrogen-bond donors (Lipinski definition) is 2. The van der Waals surface area contributed by atoms with Crippen LogP contribution in [0.4, 0.5) is 0 Å². The van der Waals surface area contributed by atoms with Crippen LogP contribution < -0.4 is 10.4 Å². The van der Waals surface area contributed by atoms with Crippen LogP contribution in [-0.2, 0) is 0 Å². The van der Waals surface area contributed by atoms with E-state index in [4.69, 9.17) is 0 Å². The van der Waals surface area contributed by atoms with E-state index in [1.807, 2.05) is 22.8 Å². The second kappa shape index (κ2) is 8.98. The van der Waals surface area contributed by atoms with Crippen molar-refractivity contribution in [3.05, 3.63) is 84.9 Å². The Bertz CT molecular complexity index is 1430. The lowest BCUT2D eigenvalue weighted by atomic mass is 9.77. The summed E-state index contributed by atoms with van der Waals surface area (Å²) in [4.78, 5) is 20.2. The molecule has 0 spiro atoms. The summed E-state index contributed by atoms with van der Waals surface area (Å²) in [7, 11) is -2.98. The van der Waals surface area contributed by atoms with Gasteiger partial charge in [0, 0.05) is 17.5 Å². The summed E-state index contributed by atoms with van der Waals surface area (Å²) in [5.74, 6) is 0.986. The van der Waals surface area contributed by atoms with Gasteiger partial charge in [-0.15, -0.1) is 5.10 Å². The fourth-order valence-corrected chi connectivity index (χ4v) is 10.3. The van der Waals surface area contributed by atoms with E-state index in [0.29, 0.717) is 11.8 Å². The Labute approximate surface area is 212 Å². The first-order chi connectivity index (χ1) is 17.5. The van der Waals surface area contributed by atoms with Gasteiger partial charge >= 0.3 is 0 Å². The second-order valence-electron chi connectivity index (χ2n) is 11.0. The predicted octanol–water partition coefficient (Wildman–Crippen LogP) is 4.80. The minimum atomic E-state index is -2.98. The van der Waals surface area contributed by atoms with E-state index < -0.39 is 8.32 Å². The van der Waals surface area contributed by atoms with Gasteiger partial charge in [-0.1, -0.05) is 79.7 Å². The molecule has 1 fully saturated rings. The second-order valence-corrected chi connectivity index (χ2v) is 14.9. The highest BCUT2D eigenvalue weighted by Crippen LogP contribution is 2.47. The molecule has 5 aromatic rings. The molecule has 2 N–H and O–H groups in total. The molecule has 6 nitrogen and oxygen atoms in total. The molecule has 0 atom stereocenters. The number of aromatic amines is 1. The zero-order chi connectivity index (χ0) is 24.8. The summed E-state index contributed by atoms with van der Waals surface area (Å²) >= 11 is 0. The van der Waals surface area contributed by atoms with Crippen LogP contribution in [0.3, 0.4) is 0 Å². The van der Waals surface area contributed by atoms with E-state index in [-0.39, 0.29) is 5.04 Å². The first-order valence-electron chi connectivity index (χ1n) is 13.0. The number of rotatable bonds is 6. The zero-order valence-corrected chi connectivity index (χ0v) is 21.9. The average molecular weight is 496 g/mol. The summed E-state index contributed by atoms with van der Waals surface area (Å²) in [5, 5.41) is 12.0. The fraction of sp³-hybridized carbons (Fsp3) is 0.345. The summed E-state index contributed by atoms with van der Waals surface area (Å²) in [5.41, 5.74) is 3.06. The summed E-state index contributed by atoms with van der Waals surface area (Å²) < 4.78 is 1.81. The van der Waals surface area contributed by atoms with Crippen molar-refractivity contribution in [2.45, 2.75) is 56.9 Å². The monoisotopic (exact) mass is 495 g/mol. The molecule has 0 saturated heterocycles. The van der Waals surface area contributed by atoms with Crippen LogP contribution in [0, 0.1) is 5.92 Å².